The lowest BCUT2D eigenvalue weighted by molar-refractivity contribution is -0.120. The molecule has 2 rings (SSSR count). The van der Waals surface area contributed by atoms with Gasteiger partial charge in [0.15, 0.2) is 0 Å². The lowest BCUT2D eigenvalue weighted by Gasteiger charge is -2.06. The highest BCUT2D eigenvalue weighted by molar-refractivity contribution is 9.11. The fourth-order valence-corrected chi connectivity index (χ4v) is 4.16. The normalized spacial score (nSPS) is 11.0. The van der Waals surface area contributed by atoms with Crippen molar-refractivity contribution in [1.82, 2.24) is 5.43 Å². The number of aromatic hydroxyl groups is 1. The summed E-state index contributed by atoms with van der Waals surface area (Å²) >= 11 is 15.7. The lowest BCUT2D eigenvalue weighted by atomic mass is 10.1. The van der Waals surface area contributed by atoms with Gasteiger partial charge in [0.1, 0.15) is 5.75 Å². The largest absolute Gasteiger partial charge is 0.506 e. The molecule has 0 bridgehead atoms. The molecule has 4 nitrogen and oxygen atoms in total. The van der Waals surface area contributed by atoms with Gasteiger partial charge in [-0.1, -0.05) is 39.7 Å². The topological polar surface area (TPSA) is 61.7 Å². The first kappa shape index (κ1) is 18.4. The molecule has 1 amide bonds. The van der Waals surface area contributed by atoms with Gasteiger partial charge < -0.3 is 5.11 Å². The maximum atomic E-state index is 11.8. The Hall–Kier alpha value is -0.890. The van der Waals surface area contributed by atoms with Gasteiger partial charge >= 0.3 is 0 Å². The molecule has 0 aliphatic heterocycles. The van der Waals surface area contributed by atoms with Gasteiger partial charge in [0.2, 0.25) is 5.91 Å². The third-order valence-electron chi connectivity index (χ3n) is 2.84. The zero-order valence-electron chi connectivity index (χ0n) is 11.5. The van der Waals surface area contributed by atoms with E-state index in [1.165, 1.54) is 6.21 Å². The molecule has 0 saturated heterocycles. The Bertz CT molecular complexity index is 764. The number of hydrogen-bond acceptors (Lipinski definition) is 3. The number of phenols is 1. The van der Waals surface area contributed by atoms with Crippen LogP contribution in [-0.2, 0) is 11.2 Å². The summed E-state index contributed by atoms with van der Waals surface area (Å²) in [6.45, 7) is 0. The Kier molecular flexibility index (Phi) is 6.64. The fraction of sp³-hybridized carbons (Fsp3) is 0.0667. The molecule has 23 heavy (non-hydrogen) atoms. The number of halogens is 4. The molecular weight excluding hydrogens is 515 g/mol. The fourth-order valence-electron chi connectivity index (χ4n) is 1.71. The van der Waals surface area contributed by atoms with Crippen molar-refractivity contribution in [3.05, 3.63) is 59.9 Å². The van der Waals surface area contributed by atoms with E-state index in [2.05, 4.69) is 58.3 Å². The third kappa shape index (κ3) is 5.04. The Morgan fingerprint density at radius 3 is 2.52 bits per heavy atom. The summed E-state index contributed by atoms with van der Waals surface area (Å²) in [6.07, 6.45) is 1.64. The van der Waals surface area contributed by atoms with Crippen molar-refractivity contribution in [3.8, 4) is 5.75 Å². The van der Waals surface area contributed by atoms with E-state index in [0.717, 1.165) is 5.56 Å². The molecular formula is C15H10Br3ClN2O2. The molecule has 0 aliphatic rings. The first-order valence-corrected chi connectivity index (χ1v) is 9.07. The Morgan fingerprint density at radius 1 is 1.22 bits per heavy atom. The molecule has 0 heterocycles. The zero-order valence-corrected chi connectivity index (χ0v) is 17.0. The van der Waals surface area contributed by atoms with Gasteiger partial charge in [0.25, 0.3) is 0 Å². The van der Waals surface area contributed by atoms with Crippen molar-refractivity contribution in [2.75, 3.05) is 0 Å². The molecule has 8 heteroatoms. The molecule has 0 radical (unpaired) electrons. The van der Waals surface area contributed by atoms with Gasteiger partial charge in [0.05, 0.1) is 21.6 Å². The highest BCUT2D eigenvalue weighted by atomic mass is 79.9. The average molecular weight is 525 g/mol. The number of nitrogens with zero attached hydrogens (tertiary/aromatic N) is 1. The van der Waals surface area contributed by atoms with Crippen LogP contribution in [0.4, 0.5) is 0 Å². The molecule has 2 N–H and O–H groups in total. The Morgan fingerprint density at radius 2 is 1.87 bits per heavy atom. The van der Waals surface area contributed by atoms with Crippen LogP contribution in [0, 0.1) is 0 Å². The van der Waals surface area contributed by atoms with Crippen LogP contribution in [0.15, 0.2) is 48.9 Å². The number of amides is 1. The minimum atomic E-state index is -0.253. The minimum absolute atomic E-state index is 0.0575. The number of rotatable bonds is 4. The Balaban J connectivity index is 2.03. The van der Waals surface area contributed by atoms with Crippen LogP contribution in [0.3, 0.4) is 0 Å². The third-order valence-corrected chi connectivity index (χ3v) is 5.16. The van der Waals surface area contributed by atoms with Crippen LogP contribution in [-0.4, -0.2) is 17.2 Å². The van der Waals surface area contributed by atoms with Crippen LogP contribution in [0.2, 0.25) is 5.02 Å². The van der Waals surface area contributed by atoms with E-state index in [9.17, 15) is 9.90 Å². The van der Waals surface area contributed by atoms with Gasteiger partial charge in [-0.25, -0.2) is 5.43 Å². The maximum absolute atomic E-state index is 11.8. The summed E-state index contributed by atoms with van der Waals surface area (Å²) in [5, 5.41) is 14.4. The van der Waals surface area contributed by atoms with Crippen molar-refractivity contribution in [1.29, 1.82) is 0 Å². The summed E-state index contributed by atoms with van der Waals surface area (Å²) in [4.78, 5) is 11.8. The summed E-state index contributed by atoms with van der Waals surface area (Å²) in [5.74, 6) is -0.195. The molecule has 120 valence electrons. The van der Waals surface area contributed by atoms with Crippen molar-refractivity contribution in [2.45, 2.75) is 6.42 Å². The second kappa shape index (κ2) is 8.28. The smallest absolute Gasteiger partial charge is 0.244 e. The number of nitrogens with one attached hydrogen (secondary N) is 1. The number of carbonyl (C=O) groups is 1. The predicted molar refractivity (Wildman–Crippen MR) is 102 cm³/mol. The summed E-state index contributed by atoms with van der Waals surface area (Å²) < 4.78 is 1.72. The molecule has 2 aromatic rings. The standard InChI is InChI=1S/C15H10Br3ClN2O2/c16-11-6-12(17)15(23)14(18)10(11)7-20-21-13(22)5-8-1-3-9(19)4-2-8/h1-4,6-7,23H,5H2,(H,21,22)/b20-7-. The SMILES string of the molecule is O=C(Cc1ccc(Cl)cc1)N/N=C\c1c(Br)cc(Br)c(O)c1Br. The second-order valence-electron chi connectivity index (χ2n) is 4.51. The molecule has 0 fully saturated rings. The molecule has 0 spiro atoms. The summed E-state index contributed by atoms with van der Waals surface area (Å²) in [7, 11) is 0. The van der Waals surface area contributed by atoms with E-state index in [1.54, 1.807) is 30.3 Å². The summed E-state index contributed by atoms with van der Waals surface area (Å²) in [5.41, 5.74) is 3.89. The summed E-state index contributed by atoms with van der Waals surface area (Å²) in [6, 6.07) is 8.71. The number of phenolic OH excluding ortho intramolecular Hbond substituents is 1. The van der Waals surface area contributed by atoms with E-state index in [-0.39, 0.29) is 18.1 Å². The van der Waals surface area contributed by atoms with E-state index in [1.807, 2.05) is 0 Å². The molecule has 0 aromatic heterocycles. The highest BCUT2D eigenvalue weighted by Crippen LogP contribution is 2.38. The number of carbonyl (C=O) groups excluding carboxylic acids is 1. The van der Waals surface area contributed by atoms with Crippen LogP contribution in [0.1, 0.15) is 11.1 Å². The van der Waals surface area contributed by atoms with E-state index in [0.29, 0.717) is 24.0 Å². The second-order valence-corrected chi connectivity index (χ2v) is 7.45. The number of hydrogen-bond donors (Lipinski definition) is 2. The molecule has 0 unspecified atom stereocenters. The van der Waals surface area contributed by atoms with Gasteiger partial charge in [-0.05, 0) is 55.6 Å². The lowest BCUT2D eigenvalue weighted by Crippen LogP contribution is -2.19. The molecule has 0 atom stereocenters. The quantitative estimate of drug-likeness (QED) is 0.435. The van der Waals surface area contributed by atoms with Crippen LogP contribution in [0.25, 0.3) is 0 Å². The van der Waals surface area contributed by atoms with E-state index >= 15 is 0 Å². The van der Waals surface area contributed by atoms with Crippen LogP contribution >= 0.6 is 59.4 Å². The van der Waals surface area contributed by atoms with Gasteiger partial charge in [0, 0.05) is 15.1 Å². The van der Waals surface area contributed by atoms with Crippen LogP contribution < -0.4 is 5.43 Å². The van der Waals surface area contributed by atoms with Crippen molar-refractivity contribution < 1.29 is 9.90 Å². The van der Waals surface area contributed by atoms with Gasteiger partial charge in [-0.15, -0.1) is 0 Å². The molecule has 0 aliphatic carbocycles. The average Bonchev–Trinajstić information content (AvgIpc) is 2.51. The first-order valence-electron chi connectivity index (χ1n) is 6.31. The molecule has 0 saturated carbocycles. The van der Waals surface area contributed by atoms with Crippen molar-refractivity contribution in [2.24, 2.45) is 5.10 Å². The monoisotopic (exact) mass is 522 g/mol. The number of benzene rings is 2. The van der Waals surface area contributed by atoms with Crippen LogP contribution in [0.5, 0.6) is 5.75 Å². The van der Waals surface area contributed by atoms with Gasteiger partial charge in [-0.3, -0.25) is 4.79 Å². The predicted octanol–water partition coefficient (Wildman–Crippen LogP) is 5.03. The van der Waals surface area contributed by atoms with E-state index in [4.69, 9.17) is 11.6 Å². The Labute approximate surface area is 163 Å². The number of hydrazone groups is 1. The highest BCUT2D eigenvalue weighted by Gasteiger charge is 2.12. The van der Waals surface area contributed by atoms with Crippen molar-refractivity contribution in [3.63, 3.8) is 0 Å². The van der Waals surface area contributed by atoms with Crippen molar-refractivity contribution >= 4 is 71.5 Å². The maximum Gasteiger partial charge on any atom is 0.244 e. The van der Waals surface area contributed by atoms with E-state index < -0.39 is 0 Å². The molecule has 2 aromatic carbocycles. The first-order chi connectivity index (χ1) is 10.9. The van der Waals surface area contributed by atoms with Gasteiger partial charge in [-0.2, -0.15) is 5.10 Å². The minimum Gasteiger partial charge on any atom is -0.506 e. The zero-order chi connectivity index (χ0) is 17.0.